The van der Waals surface area contributed by atoms with Crippen LogP contribution >= 0.6 is 0 Å². The lowest BCUT2D eigenvalue weighted by Crippen LogP contribution is -2.43. The highest BCUT2D eigenvalue weighted by Crippen LogP contribution is 2.44. The summed E-state index contributed by atoms with van der Waals surface area (Å²) < 4.78 is 34.7. The van der Waals surface area contributed by atoms with Crippen molar-refractivity contribution >= 4 is 39.1 Å². The number of hydrogen-bond acceptors (Lipinski definition) is 8. The van der Waals surface area contributed by atoms with Crippen LogP contribution in [0.25, 0.3) is 11.1 Å². The molecule has 276 valence electrons. The number of fused-ring (bicyclic) bond motifs is 4. The molecule has 1 atom stereocenters. The molecule has 1 heterocycles. The third-order valence-corrected chi connectivity index (χ3v) is 12.1. The molecule has 54 heavy (non-hydrogen) atoms. The van der Waals surface area contributed by atoms with E-state index >= 15 is 0 Å². The summed E-state index contributed by atoms with van der Waals surface area (Å²) in [6.45, 7) is 4.14. The number of azo groups is 1. The summed E-state index contributed by atoms with van der Waals surface area (Å²) in [5.41, 5.74) is 10.6. The van der Waals surface area contributed by atoms with Gasteiger partial charge < -0.3 is 20.1 Å². The number of hydrogen-bond donors (Lipinski definition) is 2. The van der Waals surface area contributed by atoms with E-state index in [2.05, 4.69) is 15.5 Å². The average molecular weight is 744 g/mol. The molecule has 1 aliphatic carbocycles. The number of nitrogens with zero attached hydrogens (tertiary/aromatic N) is 4. The largest absolute Gasteiger partial charge is 0.480 e. The predicted octanol–water partition coefficient (Wildman–Crippen LogP) is 8.02. The van der Waals surface area contributed by atoms with Gasteiger partial charge in [-0.3, -0.25) is 0 Å². The zero-order chi connectivity index (χ0) is 38.1. The zero-order valence-corrected chi connectivity index (χ0v) is 31.3. The Kier molecular flexibility index (Phi) is 10.1. The van der Waals surface area contributed by atoms with Crippen LogP contribution in [0.1, 0.15) is 44.9 Å². The van der Waals surface area contributed by atoms with E-state index in [0.29, 0.717) is 16.9 Å². The van der Waals surface area contributed by atoms with Gasteiger partial charge in [-0.25, -0.2) is 18.0 Å². The normalized spacial score (nSPS) is 14.4. The van der Waals surface area contributed by atoms with Gasteiger partial charge in [0.05, 0.1) is 16.3 Å². The van der Waals surface area contributed by atoms with Crippen LogP contribution in [-0.2, 0) is 39.1 Å². The minimum atomic E-state index is -3.86. The summed E-state index contributed by atoms with van der Waals surface area (Å²) in [6, 6.07) is 30.5. The van der Waals surface area contributed by atoms with Gasteiger partial charge in [0, 0.05) is 45.2 Å². The molecular formula is C42H41N5O6S. The molecule has 0 fully saturated rings. The fourth-order valence-electron chi connectivity index (χ4n) is 7.31. The van der Waals surface area contributed by atoms with Gasteiger partial charge in [0.15, 0.2) is 0 Å². The number of rotatable bonds is 11. The Morgan fingerprint density at radius 1 is 0.852 bits per heavy atom. The number of carbonyl (C=O) groups is 2. The summed E-state index contributed by atoms with van der Waals surface area (Å²) in [4.78, 5) is 27.6. The van der Waals surface area contributed by atoms with Crippen molar-refractivity contribution in [2.75, 3.05) is 25.6 Å². The molecule has 12 heteroatoms. The molecule has 1 unspecified atom stereocenters. The first kappa shape index (κ1) is 36.5. The second kappa shape index (κ2) is 14.9. The van der Waals surface area contributed by atoms with Crippen molar-refractivity contribution in [2.24, 2.45) is 10.2 Å². The summed E-state index contributed by atoms with van der Waals surface area (Å²) in [5.74, 6) is -1.36. The Balaban J connectivity index is 1.01. The smallest absolute Gasteiger partial charge is 0.407 e. The lowest BCUT2D eigenvalue weighted by atomic mass is 9.91. The molecule has 1 aliphatic heterocycles. The van der Waals surface area contributed by atoms with E-state index < -0.39 is 28.1 Å². The topological polar surface area (TPSA) is 141 Å². The van der Waals surface area contributed by atoms with Gasteiger partial charge in [0.1, 0.15) is 12.6 Å². The number of amides is 1. The SMILES string of the molecule is Cc1cc(CC(NC(=O)OCC2c3ccccc3-c3ccccc32)C(=O)O)c(C)c2c1CN(S(=O)(=O)c1ccc(N=Nc3ccc(N(C)C)cc3)cc1)C2. The Bertz CT molecular complexity index is 2330. The first-order chi connectivity index (χ1) is 25.9. The third-order valence-electron chi connectivity index (χ3n) is 10.3. The van der Waals surface area contributed by atoms with E-state index in [9.17, 15) is 23.1 Å². The van der Waals surface area contributed by atoms with Gasteiger partial charge in [-0.05, 0) is 112 Å². The second-order valence-corrected chi connectivity index (χ2v) is 15.8. The molecule has 11 nitrogen and oxygen atoms in total. The van der Waals surface area contributed by atoms with Crippen LogP contribution < -0.4 is 10.2 Å². The van der Waals surface area contributed by atoms with Crippen molar-refractivity contribution in [1.29, 1.82) is 0 Å². The number of carboxylic acids is 1. The first-order valence-corrected chi connectivity index (χ1v) is 19.1. The van der Waals surface area contributed by atoms with Crippen LogP contribution in [0.2, 0.25) is 0 Å². The molecule has 2 N–H and O–H groups in total. The third kappa shape index (κ3) is 7.22. The quantitative estimate of drug-likeness (QED) is 0.131. The van der Waals surface area contributed by atoms with Crippen LogP contribution in [0, 0.1) is 13.8 Å². The van der Waals surface area contributed by atoms with Crippen LogP contribution in [0.4, 0.5) is 21.9 Å². The molecule has 5 aromatic carbocycles. The van der Waals surface area contributed by atoms with E-state index in [1.165, 1.54) is 16.4 Å². The maximum absolute atomic E-state index is 13.8. The molecule has 0 saturated heterocycles. The van der Waals surface area contributed by atoms with E-state index in [1.54, 1.807) is 12.1 Å². The van der Waals surface area contributed by atoms with Crippen LogP contribution in [0.15, 0.2) is 118 Å². The number of ether oxygens (including phenoxy) is 1. The average Bonchev–Trinajstić information content (AvgIpc) is 3.77. The van der Waals surface area contributed by atoms with Crippen LogP contribution in [-0.4, -0.2) is 56.6 Å². The van der Waals surface area contributed by atoms with Gasteiger partial charge >= 0.3 is 12.1 Å². The molecular weight excluding hydrogens is 703 g/mol. The minimum absolute atomic E-state index is 0.00203. The van der Waals surface area contributed by atoms with Crippen molar-refractivity contribution in [3.05, 3.63) is 142 Å². The van der Waals surface area contributed by atoms with Gasteiger partial charge in [-0.15, -0.1) is 0 Å². The van der Waals surface area contributed by atoms with Gasteiger partial charge in [-0.2, -0.15) is 14.5 Å². The Hall–Kier alpha value is -5.85. The lowest BCUT2D eigenvalue weighted by Gasteiger charge is -2.19. The van der Waals surface area contributed by atoms with E-state index in [0.717, 1.165) is 50.2 Å². The Morgan fingerprint density at radius 3 is 1.98 bits per heavy atom. The maximum atomic E-state index is 13.8. The van der Waals surface area contributed by atoms with Crippen molar-refractivity contribution in [3.63, 3.8) is 0 Å². The van der Waals surface area contributed by atoms with E-state index in [4.69, 9.17) is 4.74 Å². The number of carbonyl (C=O) groups excluding carboxylic acids is 1. The number of carboxylic acid groups (broad SMARTS) is 1. The lowest BCUT2D eigenvalue weighted by molar-refractivity contribution is -0.139. The minimum Gasteiger partial charge on any atom is -0.480 e. The van der Waals surface area contributed by atoms with Gasteiger partial charge in [-0.1, -0.05) is 54.6 Å². The number of nitrogens with one attached hydrogen (secondary N) is 1. The summed E-state index contributed by atoms with van der Waals surface area (Å²) in [7, 11) is 0.0536. The van der Waals surface area contributed by atoms with E-state index in [-0.39, 0.29) is 36.9 Å². The predicted molar refractivity (Wildman–Crippen MR) is 207 cm³/mol. The summed E-state index contributed by atoms with van der Waals surface area (Å²) in [5, 5.41) is 21.2. The van der Waals surface area contributed by atoms with Gasteiger partial charge in [0.25, 0.3) is 0 Å². The molecule has 1 amide bonds. The van der Waals surface area contributed by atoms with Crippen LogP contribution in [0.5, 0.6) is 0 Å². The van der Waals surface area contributed by atoms with Crippen molar-refractivity contribution in [3.8, 4) is 11.1 Å². The van der Waals surface area contributed by atoms with Crippen molar-refractivity contribution in [1.82, 2.24) is 9.62 Å². The number of aryl methyl sites for hydroxylation is 1. The maximum Gasteiger partial charge on any atom is 0.407 e. The summed E-state index contributed by atoms with van der Waals surface area (Å²) in [6.07, 6.45) is -0.814. The monoisotopic (exact) mass is 743 g/mol. The molecule has 2 aliphatic rings. The fraction of sp³-hybridized carbons (Fsp3) is 0.238. The van der Waals surface area contributed by atoms with E-state index in [1.807, 2.05) is 112 Å². The fourth-order valence-corrected chi connectivity index (χ4v) is 8.68. The first-order valence-electron chi connectivity index (χ1n) is 17.6. The number of alkyl carbamates (subject to hydrolysis) is 1. The highest BCUT2D eigenvalue weighted by atomic mass is 32.2. The standard InChI is InChI=1S/C42H41N5O6S/c1-26-21-28(22-40(41(48)49)43-42(50)53-25-39-35-11-7-5-9-33(35)34-10-6-8-12-36(34)39)27(2)38-24-47(23-37(26)38)54(51,52)32-19-15-30(16-20-32)45-44-29-13-17-31(18-14-29)46(3)4/h5-21,39-40H,22-25H2,1-4H3,(H,43,50)(H,48,49). The molecule has 0 spiro atoms. The summed E-state index contributed by atoms with van der Waals surface area (Å²) >= 11 is 0. The second-order valence-electron chi connectivity index (χ2n) is 13.9. The number of benzene rings is 5. The molecule has 0 saturated carbocycles. The highest BCUT2D eigenvalue weighted by molar-refractivity contribution is 7.89. The molecule has 7 rings (SSSR count). The molecule has 0 radical (unpaired) electrons. The highest BCUT2D eigenvalue weighted by Gasteiger charge is 2.34. The Labute approximate surface area is 315 Å². The van der Waals surface area contributed by atoms with Crippen molar-refractivity contribution < 1.29 is 27.9 Å². The molecule has 0 aromatic heterocycles. The number of anilines is 1. The number of aliphatic carboxylic acids is 1. The molecule has 5 aromatic rings. The molecule has 0 bridgehead atoms. The Morgan fingerprint density at radius 2 is 1.41 bits per heavy atom. The van der Waals surface area contributed by atoms with Gasteiger partial charge in [0.2, 0.25) is 10.0 Å². The number of sulfonamides is 1. The zero-order valence-electron chi connectivity index (χ0n) is 30.5. The van der Waals surface area contributed by atoms with Crippen molar-refractivity contribution in [2.45, 2.75) is 50.2 Å². The van der Waals surface area contributed by atoms with Crippen LogP contribution in [0.3, 0.4) is 0 Å².